The number of hydrogen-bond donors (Lipinski definition) is 8. The van der Waals surface area contributed by atoms with Crippen molar-refractivity contribution in [3.63, 3.8) is 0 Å². The van der Waals surface area contributed by atoms with Crippen molar-refractivity contribution in [3.8, 4) is 23.0 Å². The van der Waals surface area contributed by atoms with Crippen LogP contribution < -0.4 is 9.47 Å². The molecule has 0 aliphatic carbocycles. The number of ether oxygens (including phenoxy) is 4. The van der Waals surface area contributed by atoms with Gasteiger partial charge in [-0.05, 0) is 38.5 Å². The second kappa shape index (κ2) is 42.8. The number of fused-ring (bicyclic) bond motifs is 2. The maximum Gasteiger partial charge on any atom is 0.344 e. The largest absolute Gasteiger partial charge is 0.507 e. The lowest BCUT2D eigenvalue weighted by molar-refractivity contribution is -0.181. The Morgan fingerprint density at radius 2 is 0.755 bits per heavy atom. The highest BCUT2D eigenvalue weighted by molar-refractivity contribution is 14.1. The summed E-state index contributed by atoms with van der Waals surface area (Å²) in [6.45, 7) is 29.5. The number of aromatic hydroxyl groups is 2. The third-order valence-electron chi connectivity index (χ3n) is 13.0. The van der Waals surface area contributed by atoms with Crippen molar-refractivity contribution < 1.29 is 95.3 Å². The van der Waals surface area contributed by atoms with Crippen molar-refractivity contribution in [2.75, 3.05) is 82.2 Å². The molecule has 0 unspecified atom stereocenters. The second-order valence-corrected chi connectivity index (χ2v) is 43.6. The summed E-state index contributed by atoms with van der Waals surface area (Å²) in [5.74, 6) is -0.474. The average Bonchev–Trinajstić information content (AvgIpc) is 0.804. The molecule has 538 valence electrons. The van der Waals surface area contributed by atoms with E-state index < -0.39 is 74.4 Å². The van der Waals surface area contributed by atoms with Crippen molar-refractivity contribution >= 4 is 75.0 Å². The number of halogens is 2. The van der Waals surface area contributed by atoms with Gasteiger partial charge in [0.1, 0.15) is 54.8 Å². The molecule has 2 heterocycles. The minimum Gasteiger partial charge on any atom is -0.507 e. The lowest BCUT2D eigenvalue weighted by Gasteiger charge is -2.36. The van der Waals surface area contributed by atoms with Crippen LogP contribution in [-0.4, -0.2) is 160 Å². The first-order valence-corrected chi connectivity index (χ1v) is 45.9. The van der Waals surface area contributed by atoms with E-state index in [4.69, 9.17) is 37.0 Å². The molecule has 6 rings (SSSR count). The van der Waals surface area contributed by atoms with Gasteiger partial charge in [-0.25, -0.2) is 0 Å². The summed E-state index contributed by atoms with van der Waals surface area (Å²) in [7, 11) is -16.0. The van der Waals surface area contributed by atoms with Crippen molar-refractivity contribution in [2.45, 2.75) is 173 Å². The predicted octanol–water partition coefficient (Wildman–Crippen LogP) is 13.8. The van der Waals surface area contributed by atoms with E-state index in [1.165, 1.54) is 51.3 Å². The van der Waals surface area contributed by atoms with Crippen molar-refractivity contribution in [2.24, 2.45) is 0 Å². The fourth-order valence-corrected chi connectivity index (χ4v) is 14.3. The minimum atomic E-state index is -4.52. The van der Waals surface area contributed by atoms with Gasteiger partial charge in [-0.2, -0.15) is 0 Å². The molecule has 31 heteroatoms. The van der Waals surface area contributed by atoms with Gasteiger partial charge in [-0.3, -0.25) is 37.9 Å². The first kappa shape index (κ1) is 87.9. The summed E-state index contributed by atoms with van der Waals surface area (Å²) < 4.78 is 99.7. The van der Waals surface area contributed by atoms with Gasteiger partial charge in [-0.15, -0.1) is 15.3 Å². The Balaban J connectivity index is 0.000000568. The fraction of sp³-hybridized carbons (Fsp3) is 0.619. The predicted molar refractivity (Wildman–Crippen MR) is 384 cm³/mol. The van der Waals surface area contributed by atoms with Crippen molar-refractivity contribution in [1.82, 2.24) is 19.6 Å². The molecule has 94 heavy (non-hydrogen) atoms. The summed E-state index contributed by atoms with van der Waals surface area (Å²) >= 11 is 5.87. The number of hydrogen-bond acceptors (Lipinski definition) is 20. The molecule has 0 spiro atoms. The third kappa shape index (κ3) is 34.7. The Labute approximate surface area is 581 Å². The molecule has 0 saturated carbocycles. The number of nitrogens with zero attached hydrogens (tertiary/aromatic N) is 4. The molecule has 4 aromatic carbocycles. The molecule has 0 aromatic heterocycles. The van der Waals surface area contributed by atoms with Gasteiger partial charge >= 0.3 is 30.4 Å². The van der Waals surface area contributed by atoms with Crippen LogP contribution in [0.4, 0.5) is 0 Å². The molecule has 8 N–H and O–H groups in total. The molecule has 2 aliphatic rings. The highest BCUT2D eigenvalue weighted by Gasteiger charge is 2.35. The van der Waals surface area contributed by atoms with E-state index in [1.54, 1.807) is 39.8 Å². The van der Waals surface area contributed by atoms with E-state index in [1.807, 2.05) is 73.9 Å². The van der Waals surface area contributed by atoms with E-state index in [2.05, 4.69) is 78.3 Å². The molecular formula is C63H108BrIN4O20P4Si. The number of aliphatic hydroxyl groups is 2. The lowest BCUT2D eigenvalue weighted by Crippen LogP contribution is -2.39. The number of benzene rings is 4. The Bertz CT molecular complexity index is 2850. The van der Waals surface area contributed by atoms with Crippen LogP contribution in [0.2, 0.25) is 19.6 Å². The molecule has 24 nitrogen and oxygen atoms in total. The summed E-state index contributed by atoms with van der Waals surface area (Å²) in [6.07, 6.45) is 1.31. The monoisotopic (exact) mass is 1600 g/mol. The Hall–Kier alpha value is -2.21. The zero-order chi connectivity index (χ0) is 71.1. The van der Waals surface area contributed by atoms with Crippen LogP contribution in [0, 0.1) is 0 Å². The normalized spacial score (nSPS) is 14.4. The van der Waals surface area contributed by atoms with Crippen LogP contribution in [0.5, 0.6) is 23.0 Å². The van der Waals surface area contributed by atoms with Gasteiger partial charge in [0.05, 0.1) is 52.9 Å². The van der Waals surface area contributed by atoms with Crippen LogP contribution in [0.3, 0.4) is 0 Å². The lowest BCUT2D eigenvalue weighted by atomic mass is 10.1. The number of phenols is 2. The summed E-state index contributed by atoms with van der Waals surface area (Å²) in [4.78, 5) is 44.7. The van der Waals surface area contributed by atoms with Crippen molar-refractivity contribution in [3.05, 3.63) is 117 Å². The van der Waals surface area contributed by atoms with E-state index >= 15 is 0 Å². The van der Waals surface area contributed by atoms with E-state index in [0.29, 0.717) is 50.5 Å². The standard InChI is InChI=1S/C34H54N2O10P2.C20H30N2O10P2.C3H9BrSi.C3H7I.C3H8/c1-9-41-47(37,42-10-2)25-35(21-27-15-13-17-29-23-39-33(5,6)45-31(27)29)19-20-36(26-48(38,43-11-3)44-12-4)22-28-16-14-18-30-24-40-34(7,8)46-32(28)30;23-11-17-5-1-3-15(19(17)25)9-21(13-33(27,28)29)7-8-22(14-34(30,31)32)10-16-4-2-6-18(12-24)20(16)26;1-5(2,3)4;1-2-3-4;1-3-2/h13-18H,9-12,19-26H2,1-8H3;1-6,23-26H,7-14H2,(H2,27,28,29)(H2,30,31,32);1-3H3;2-3H2,1H3;3H2,1-2H3. The Morgan fingerprint density at radius 3 is 1.02 bits per heavy atom. The SMILES string of the molecule is CCC.CCCI.CCOP(=O)(CN(CCN(Cc1cccc2c1OC(C)(C)OC2)CP(=O)(OCC)OCC)Cc1cccc2c1OC(C)(C)OC2)OCC.C[Si](C)(C)Br.O=P(O)(O)CN(CCN(Cc1cccc(CO)c1O)CP(=O)(O)O)Cc1cccc(CO)c1O. The van der Waals surface area contributed by atoms with E-state index in [0.717, 1.165) is 33.8 Å². The van der Waals surface area contributed by atoms with Gasteiger partial charge in [-0.1, -0.05) is 142 Å². The molecule has 4 aromatic rings. The smallest absolute Gasteiger partial charge is 0.344 e. The molecule has 2 aliphatic heterocycles. The molecule has 0 bridgehead atoms. The zero-order valence-electron chi connectivity index (χ0n) is 57.5. The zero-order valence-corrected chi connectivity index (χ0v) is 65.8. The topological polar surface area (TPSA) is 317 Å². The minimum absolute atomic E-state index is 0.0473. The first-order chi connectivity index (χ1) is 43.9. The number of alkyl halides is 1. The van der Waals surface area contributed by atoms with Gasteiger partial charge in [0.15, 0.2) is 0 Å². The van der Waals surface area contributed by atoms with Gasteiger partial charge in [0, 0.05) is 125 Å². The van der Waals surface area contributed by atoms with Crippen LogP contribution in [0.25, 0.3) is 0 Å². The maximum atomic E-state index is 13.9. The van der Waals surface area contributed by atoms with Gasteiger partial charge in [0.25, 0.3) is 0 Å². The van der Waals surface area contributed by atoms with Gasteiger partial charge < -0.3 is 77.0 Å². The average molecular weight is 1600 g/mol. The van der Waals surface area contributed by atoms with Crippen molar-refractivity contribution in [1.29, 1.82) is 0 Å². The van der Waals surface area contributed by atoms with Crippen LogP contribution >= 0.6 is 68.3 Å². The fourth-order valence-electron chi connectivity index (χ4n) is 9.23. The highest BCUT2D eigenvalue weighted by Crippen LogP contribution is 2.51. The summed E-state index contributed by atoms with van der Waals surface area (Å²) in [5.41, 5.74) is 4.87. The van der Waals surface area contributed by atoms with E-state index in [-0.39, 0.29) is 87.8 Å². The van der Waals surface area contributed by atoms with Crippen LogP contribution in [0.1, 0.15) is 134 Å². The molecule has 0 atom stereocenters. The first-order valence-electron chi connectivity index (χ1n) is 31.6. The molecular weight excluding hydrogens is 1490 g/mol. The number of rotatable bonds is 33. The third-order valence-corrected chi connectivity index (χ3v) is 19.7. The Morgan fingerprint density at radius 1 is 0.500 bits per heavy atom. The number of aliphatic hydroxyl groups excluding tert-OH is 2. The van der Waals surface area contributed by atoms with Crippen LogP contribution in [-0.2, 0) is 98.4 Å². The maximum absolute atomic E-state index is 13.9. The number of para-hydroxylation sites is 4. The molecule has 0 radical (unpaired) electrons. The van der Waals surface area contributed by atoms with E-state index in [9.17, 15) is 58.3 Å². The summed E-state index contributed by atoms with van der Waals surface area (Å²) in [6, 6.07) is 21.2. The van der Waals surface area contributed by atoms with Crippen LogP contribution in [0.15, 0.2) is 72.8 Å². The highest BCUT2D eigenvalue weighted by atomic mass is 127. The molecule has 0 saturated heterocycles. The molecule has 0 fully saturated rings. The Kier molecular flexibility index (Phi) is 40.0. The molecule has 0 amide bonds. The summed E-state index contributed by atoms with van der Waals surface area (Å²) in [5, 5.41) is 39.3. The quantitative estimate of drug-likeness (QED) is 0.00722. The van der Waals surface area contributed by atoms with Gasteiger partial charge in [0.2, 0.25) is 11.6 Å². The second-order valence-electron chi connectivity index (χ2n) is 24.0.